The number of nitriles is 1. The number of esters is 1. The number of nitrogens with one attached hydrogen (secondary N) is 1. The second-order valence-corrected chi connectivity index (χ2v) is 8.52. The normalized spacial score (nSPS) is 14.7. The van der Waals surface area contributed by atoms with Gasteiger partial charge in [0.25, 0.3) is 5.91 Å². The Hall–Kier alpha value is -3.24. The summed E-state index contributed by atoms with van der Waals surface area (Å²) < 4.78 is 6.22. The summed E-state index contributed by atoms with van der Waals surface area (Å²) in [4.78, 5) is 29.9. The second-order valence-electron chi connectivity index (χ2n) is 7.61. The number of carbonyl (C=O) groups excluding carboxylic acids is 2. The number of hydrogen-bond acceptors (Lipinski definition) is 5. The molecular weight excluding hydrogens is 458 g/mol. The molecule has 1 saturated carbocycles. The average molecular weight is 478 g/mol. The van der Waals surface area contributed by atoms with Crippen LogP contribution in [-0.2, 0) is 9.53 Å². The van der Waals surface area contributed by atoms with E-state index < -0.39 is 24.0 Å². The van der Waals surface area contributed by atoms with Gasteiger partial charge in [-0.3, -0.25) is 4.79 Å². The van der Waals surface area contributed by atoms with E-state index in [-0.39, 0.29) is 0 Å². The maximum absolute atomic E-state index is 12.9. The van der Waals surface area contributed by atoms with Crippen LogP contribution in [0.15, 0.2) is 59.1 Å². The van der Waals surface area contributed by atoms with E-state index in [0.717, 1.165) is 22.9 Å². The number of fused-ring (bicyclic) bond motifs is 1. The number of nitrogens with zero attached hydrogens (tertiary/aromatic N) is 2. The van der Waals surface area contributed by atoms with Gasteiger partial charge in [-0.15, -0.1) is 0 Å². The van der Waals surface area contributed by atoms with Crippen LogP contribution < -0.4 is 5.32 Å². The molecule has 1 aromatic heterocycles. The summed E-state index contributed by atoms with van der Waals surface area (Å²) in [5.74, 6) is -1.08. The topological polar surface area (TPSA) is 92.1 Å². The lowest BCUT2D eigenvalue weighted by molar-refractivity contribution is -0.125. The Bertz CT molecular complexity index is 1200. The third-order valence-corrected chi connectivity index (χ3v) is 5.93. The minimum atomic E-state index is -0.847. The van der Waals surface area contributed by atoms with Gasteiger partial charge < -0.3 is 10.1 Å². The Morgan fingerprint density at radius 1 is 1.13 bits per heavy atom. The Kier molecular flexibility index (Phi) is 6.01. The van der Waals surface area contributed by atoms with Gasteiger partial charge in [-0.05, 0) is 49.9 Å². The first kappa shape index (κ1) is 21.0. The van der Waals surface area contributed by atoms with E-state index in [1.165, 1.54) is 0 Å². The second kappa shape index (κ2) is 8.86. The minimum Gasteiger partial charge on any atom is -0.452 e. The number of hydrogen-bond donors (Lipinski definition) is 1. The summed E-state index contributed by atoms with van der Waals surface area (Å²) in [5.41, 5.74) is 1.63. The third-order valence-electron chi connectivity index (χ3n) is 5.44. The maximum atomic E-state index is 12.9. The molecule has 4 rings (SSSR count). The fourth-order valence-electron chi connectivity index (χ4n) is 3.90. The molecule has 6 nitrogen and oxygen atoms in total. The number of pyridine rings is 1. The molecule has 0 unspecified atom stereocenters. The monoisotopic (exact) mass is 477 g/mol. The van der Waals surface area contributed by atoms with Gasteiger partial charge in [-0.25, -0.2) is 9.78 Å². The largest absolute Gasteiger partial charge is 0.452 e. The van der Waals surface area contributed by atoms with Crippen molar-refractivity contribution in [1.82, 2.24) is 10.3 Å². The van der Waals surface area contributed by atoms with Gasteiger partial charge in [0, 0.05) is 15.4 Å². The lowest BCUT2D eigenvalue weighted by Gasteiger charge is -2.21. The Morgan fingerprint density at radius 2 is 1.90 bits per heavy atom. The predicted octanol–water partition coefficient (Wildman–Crippen LogP) is 4.77. The number of carbonyl (C=O) groups is 2. The molecule has 2 aromatic carbocycles. The summed E-state index contributed by atoms with van der Waals surface area (Å²) in [6, 6.07) is 18.8. The standard InChI is InChI=1S/C24H20BrN3O3/c25-17-7-5-6-16(12-17)21-13-19(18-8-1-2-9-20(18)27-21)23(30)31-14-22(29)28-24(15-26)10-3-4-11-24/h1-2,5-9,12-13H,3-4,10-11,14H2,(H,28,29). The van der Waals surface area contributed by atoms with Crippen molar-refractivity contribution in [2.75, 3.05) is 6.61 Å². The molecular formula is C24H20BrN3O3. The molecule has 0 saturated heterocycles. The summed E-state index contributed by atoms with van der Waals surface area (Å²) in [6.45, 7) is -0.439. The predicted molar refractivity (Wildman–Crippen MR) is 120 cm³/mol. The van der Waals surface area contributed by atoms with Gasteiger partial charge in [0.1, 0.15) is 5.54 Å². The molecule has 1 N–H and O–H groups in total. The zero-order chi connectivity index (χ0) is 21.8. The first-order chi connectivity index (χ1) is 15.0. The van der Waals surface area contributed by atoms with Crippen molar-refractivity contribution in [2.24, 2.45) is 0 Å². The smallest absolute Gasteiger partial charge is 0.339 e. The average Bonchev–Trinajstić information content (AvgIpc) is 3.25. The molecule has 0 atom stereocenters. The van der Waals surface area contributed by atoms with E-state index in [4.69, 9.17) is 4.74 Å². The summed E-state index contributed by atoms with van der Waals surface area (Å²) >= 11 is 3.46. The number of benzene rings is 2. The quantitative estimate of drug-likeness (QED) is 0.534. The summed E-state index contributed by atoms with van der Waals surface area (Å²) in [6.07, 6.45) is 3.03. The molecule has 31 heavy (non-hydrogen) atoms. The van der Waals surface area contributed by atoms with Crippen molar-refractivity contribution >= 4 is 38.7 Å². The highest BCUT2D eigenvalue weighted by Crippen LogP contribution is 2.29. The SMILES string of the molecule is N#CC1(NC(=O)COC(=O)c2cc(-c3cccc(Br)c3)nc3ccccc23)CCCC1. The summed E-state index contributed by atoms with van der Waals surface area (Å²) in [7, 11) is 0. The molecule has 156 valence electrons. The zero-order valence-electron chi connectivity index (χ0n) is 16.7. The zero-order valence-corrected chi connectivity index (χ0v) is 18.3. The van der Waals surface area contributed by atoms with Crippen molar-refractivity contribution < 1.29 is 14.3 Å². The molecule has 7 heteroatoms. The van der Waals surface area contributed by atoms with Crippen molar-refractivity contribution in [1.29, 1.82) is 5.26 Å². The minimum absolute atomic E-state index is 0.337. The van der Waals surface area contributed by atoms with Crippen LogP contribution in [0, 0.1) is 11.3 Å². The molecule has 0 bridgehead atoms. The van der Waals surface area contributed by atoms with Crippen LogP contribution in [0.4, 0.5) is 0 Å². The number of rotatable bonds is 5. The first-order valence-corrected chi connectivity index (χ1v) is 10.8. The van der Waals surface area contributed by atoms with E-state index in [9.17, 15) is 14.9 Å². The molecule has 3 aromatic rings. The number of amides is 1. The number of aromatic nitrogens is 1. The molecule has 1 aliphatic carbocycles. The van der Waals surface area contributed by atoms with Crippen LogP contribution in [0.2, 0.25) is 0 Å². The molecule has 1 fully saturated rings. The van der Waals surface area contributed by atoms with E-state index in [2.05, 4.69) is 32.3 Å². The Labute approximate surface area is 188 Å². The van der Waals surface area contributed by atoms with E-state index in [1.54, 1.807) is 12.1 Å². The molecule has 0 radical (unpaired) electrons. The molecule has 1 aliphatic rings. The van der Waals surface area contributed by atoms with Gasteiger partial charge in [-0.2, -0.15) is 5.26 Å². The van der Waals surface area contributed by atoms with Crippen molar-refractivity contribution in [3.63, 3.8) is 0 Å². The number of para-hydroxylation sites is 1. The highest BCUT2D eigenvalue weighted by atomic mass is 79.9. The molecule has 0 aliphatic heterocycles. The van der Waals surface area contributed by atoms with Gasteiger partial charge in [0.05, 0.1) is 22.8 Å². The lowest BCUT2D eigenvalue weighted by atomic mass is 10.00. The molecule has 0 spiro atoms. The lowest BCUT2D eigenvalue weighted by Crippen LogP contribution is -2.46. The van der Waals surface area contributed by atoms with E-state index in [0.29, 0.717) is 35.0 Å². The van der Waals surface area contributed by atoms with Crippen LogP contribution in [0.25, 0.3) is 22.2 Å². The van der Waals surface area contributed by atoms with Crippen LogP contribution in [-0.4, -0.2) is 29.0 Å². The van der Waals surface area contributed by atoms with Crippen molar-refractivity contribution in [3.05, 3.63) is 64.6 Å². The Balaban J connectivity index is 1.57. The third kappa shape index (κ3) is 4.59. The maximum Gasteiger partial charge on any atom is 0.339 e. The fraction of sp³-hybridized carbons (Fsp3) is 0.250. The van der Waals surface area contributed by atoms with Gasteiger partial charge >= 0.3 is 5.97 Å². The highest BCUT2D eigenvalue weighted by Gasteiger charge is 2.35. The van der Waals surface area contributed by atoms with E-state index >= 15 is 0 Å². The van der Waals surface area contributed by atoms with Crippen LogP contribution >= 0.6 is 15.9 Å². The van der Waals surface area contributed by atoms with Crippen molar-refractivity contribution in [3.8, 4) is 17.3 Å². The highest BCUT2D eigenvalue weighted by molar-refractivity contribution is 9.10. The van der Waals surface area contributed by atoms with E-state index in [1.807, 2.05) is 42.5 Å². The van der Waals surface area contributed by atoms with Crippen LogP contribution in [0.1, 0.15) is 36.0 Å². The fourth-order valence-corrected chi connectivity index (χ4v) is 4.29. The van der Waals surface area contributed by atoms with Gasteiger partial charge in [-0.1, -0.05) is 46.3 Å². The molecule has 1 heterocycles. The van der Waals surface area contributed by atoms with Gasteiger partial charge in [0.2, 0.25) is 0 Å². The summed E-state index contributed by atoms with van der Waals surface area (Å²) in [5, 5.41) is 12.8. The van der Waals surface area contributed by atoms with Crippen molar-refractivity contribution in [2.45, 2.75) is 31.2 Å². The number of ether oxygens (including phenoxy) is 1. The van der Waals surface area contributed by atoms with Gasteiger partial charge in [0.15, 0.2) is 6.61 Å². The molecule has 1 amide bonds. The number of halogens is 1. The first-order valence-electron chi connectivity index (χ1n) is 10.0. The van der Waals surface area contributed by atoms with Crippen LogP contribution in [0.5, 0.6) is 0 Å². The Morgan fingerprint density at radius 3 is 2.65 bits per heavy atom. The van der Waals surface area contributed by atoms with Crippen LogP contribution in [0.3, 0.4) is 0 Å².